The number of rotatable bonds is 14. The molecule has 9 N–H and O–H groups in total. The zero-order chi connectivity index (χ0) is 55.1. The Balaban J connectivity index is 1.13. The number of fused-ring (bicyclic) bond motifs is 11. The molecule has 5 bridgehead atoms. The van der Waals surface area contributed by atoms with Crippen molar-refractivity contribution in [1.29, 1.82) is 0 Å². The summed E-state index contributed by atoms with van der Waals surface area (Å²) < 4.78 is 32.7. The molecule has 2 aromatic rings. The molecule has 8 aliphatic rings. The molecule has 1 aromatic carbocycles. The first-order valence-corrected chi connectivity index (χ1v) is 32.7. The van der Waals surface area contributed by atoms with E-state index in [2.05, 4.69) is 31.5 Å². The smallest absolute Gasteiger partial charge is 0.306 e. The molecule has 10 rings (SSSR count). The lowest BCUT2D eigenvalue weighted by Crippen LogP contribution is -2.86. The number of carbonyl (C=O) groups excluding carboxylic acids is 1. The van der Waals surface area contributed by atoms with Crippen LogP contribution >= 0.6 is 21.6 Å². The second-order valence-electron chi connectivity index (χ2n) is 25.9. The van der Waals surface area contributed by atoms with Crippen LogP contribution in [0.1, 0.15) is 161 Å². The summed E-state index contributed by atoms with van der Waals surface area (Å²) in [5, 5.41) is 97.5. The van der Waals surface area contributed by atoms with Gasteiger partial charge in [-0.1, -0.05) is 86.1 Å². The average Bonchev–Trinajstić information content (AvgIpc) is 1.89. The SMILES string of the molecule is CCCCCC1CCC(O)(CCC2C3(CCC(CNC)C3)CCC23SSCC24OC(Oc5c(CCC(=O)OCC)cc6ccoc6c5OCCNC3CCC(C)CCCC2O)C2(O)C3C(C=CC(O)C3CO)CC4(O)C2O)C1. The number of aliphatic hydroxyl groups excluding tert-OH is 4. The lowest BCUT2D eigenvalue weighted by atomic mass is 9.50. The summed E-state index contributed by atoms with van der Waals surface area (Å²) in [6.07, 6.45) is 16.5. The van der Waals surface area contributed by atoms with Crippen molar-refractivity contribution in [2.24, 2.45) is 46.8 Å². The van der Waals surface area contributed by atoms with Crippen molar-refractivity contribution in [3.63, 3.8) is 0 Å². The molecule has 4 heterocycles. The van der Waals surface area contributed by atoms with E-state index in [9.17, 15) is 40.5 Å². The minimum atomic E-state index is -2.49. The summed E-state index contributed by atoms with van der Waals surface area (Å²) in [7, 11) is 5.48. The molecule has 438 valence electrons. The van der Waals surface area contributed by atoms with Crippen molar-refractivity contribution in [2.75, 3.05) is 45.7 Å². The second kappa shape index (κ2) is 24.2. The average molecular weight is 1130 g/mol. The maximum atomic E-state index is 13.8. The summed E-state index contributed by atoms with van der Waals surface area (Å²) in [4.78, 5) is 13.1. The van der Waals surface area contributed by atoms with Gasteiger partial charge < -0.3 is 69.7 Å². The van der Waals surface area contributed by atoms with Gasteiger partial charge in [-0.05, 0) is 170 Å². The van der Waals surface area contributed by atoms with Crippen LogP contribution in [-0.2, 0) is 20.7 Å². The molecule has 18 atom stereocenters. The van der Waals surface area contributed by atoms with Gasteiger partial charge in [0.2, 0.25) is 12.0 Å². The molecule has 17 heteroatoms. The van der Waals surface area contributed by atoms with Gasteiger partial charge in [0.15, 0.2) is 16.9 Å². The predicted octanol–water partition coefficient (Wildman–Crippen LogP) is 8.14. The van der Waals surface area contributed by atoms with E-state index < -0.39 is 77.3 Å². The summed E-state index contributed by atoms with van der Waals surface area (Å²) in [5.41, 5.74) is -6.52. The fourth-order valence-electron chi connectivity index (χ4n) is 17.3. The lowest BCUT2D eigenvalue weighted by Gasteiger charge is -2.67. The first-order chi connectivity index (χ1) is 37.5. The third-order valence-electron chi connectivity index (χ3n) is 21.2. The number of hydrogen-bond acceptors (Lipinski definition) is 17. The van der Waals surface area contributed by atoms with Crippen LogP contribution in [0, 0.1) is 46.8 Å². The van der Waals surface area contributed by atoms with Gasteiger partial charge in [-0.25, -0.2) is 0 Å². The Hall–Kier alpha value is -2.13. The van der Waals surface area contributed by atoms with E-state index in [4.69, 9.17) is 23.4 Å². The normalized spacial score (nSPS) is 42.9. The highest BCUT2D eigenvalue weighted by Gasteiger charge is 2.78. The van der Waals surface area contributed by atoms with Gasteiger partial charge in [-0.2, -0.15) is 0 Å². The predicted molar refractivity (Wildman–Crippen MR) is 303 cm³/mol. The Kier molecular flexibility index (Phi) is 18.3. The molecule has 18 unspecified atom stereocenters. The summed E-state index contributed by atoms with van der Waals surface area (Å²) in [6, 6.07) is 3.65. The second-order valence-corrected chi connectivity index (χ2v) is 28.5. The summed E-state index contributed by atoms with van der Waals surface area (Å²) >= 11 is 0. The van der Waals surface area contributed by atoms with Crippen molar-refractivity contribution in [2.45, 2.75) is 220 Å². The molecular weight excluding hydrogens is 1030 g/mol. The van der Waals surface area contributed by atoms with Crippen LogP contribution in [0.25, 0.3) is 11.0 Å². The maximum absolute atomic E-state index is 13.8. The fourth-order valence-corrected chi connectivity index (χ4v) is 21.5. The largest absolute Gasteiger partial charge is 0.485 e. The molecule has 3 spiro atoms. The van der Waals surface area contributed by atoms with E-state index in [1.54, 1.807) is 36.1 Å². The molecule has 15 nitrogen and oxygen atoms in total. The van der Waals surface area contributed by atoms with Gasteiger partial charge in [0.25, 0.3) is 0 Å². The van der Waals surface area contributed by atoms with Gasteiger partial charge in [0, 0.05) is 53.3 Å². The van der Waals surface area contributed by atoms with Crippen molar-refractivity contribution in [3.8, 4) is 11.5 Å². The van der Waals surface area contributed by atoms with Crippen molar-refractivity contribution < 1.29 is 63.9 Å². The van der Waals surface area contributed by atoms with Crippen LogP contribution in [0.2, 0.25) is 0 Å². The van der Waals surface area contributed by atoms with Crippen LogP contribution in [-0.4, -0.2) is 145 Å². The van der Waals surface area contributed by atoms with Crippen LogP contribution in [0.4, 0.5) is 0 Å². The van der Waals surface area contributed by atoms with Gasteiger partial charge in [-0.3, -0.25) is 4.79 Å². The Morgan fingerprint density at radius 3 is 2.56 bits per heavy atom. The van der Waals surface area contributed by atoms with Gasteiger partial charge in [0.05, 0.1) is 30.7 Å². The number of esters is 1. The highest BCUT2D eigenvalue weighted by molar-refractivity contribution is 8.77. The fraction of sp³-hybridized carbons (Fsp3) is 0.820. The number of aryl methyl sites for hydroxylation is 1. The minimum Gasteiger partial charge on any atom is -0.485 e. The third-order valence-corrected chi connectivity index (χ3v) is 24.6. The van der Waals surface area contributed by atoms with Crippen LogP contribution in [0.15, 0.2) is 35.0 Å². The molecule has 4 saturated carbocycles. The first-order valence-electron chi connectivity index (χ1n) is 30.4. The molecule has 3 aliphatic heterocycles. The lowest BCUT2D eigenvalue weighted by molar-refractivity contribution is -0.424. The molecule has 0 radical (unpaired) electrons. The number of unbranched alkanes of at least 4 members (excludes halogenated alkanes) is 2. The number of benzene rings is 1. The number of allylic oxidation sites excluding steroid dienone is 1. The Morgan fingerprint density at radius 2 is 1.77 bits per heavy atom. The van der Waals surface area contributed by atoms with E-state index in [1.807, 2.05) is 22.9 Å². The minimum absolute atomic E-state index is 0.000689. The van der Waals surface area contributed by atoms with E-state index in [1.165, 1.54) is 25.7 Å². The molecule has 5 aliphatic carbocycles. The van der Waals surface area contributed by atoms with Crippen LogP contribution in [0.3, 0.4) is 0 Å². The Bertz CT molecular complexity index is 2390. The van der Waals surface area contributed by atoms with Gasteiger partial charge in [-0.15, -0.1) is 0 Å². The van der Waals surface area contributed by atoms with Crippen molar-refractivity contribution in [1.82, 2.24) is 10.6 Å². The van der Waals surface area contributed by atoms with Crippen LogP contribution in [0.5, 0.6) is 11.5 Å². The topological polar surface area (TPSA) is 233 Å². The molecule has 78 heavy (non-hydrogen) atoms. The molecule has 6 fully saturated rings. The first kappa shape index (κ1) is 59.0. The van der Waals surface area contributed by atoms with E-state index in [0.717, 1.165) is 90.0 Å². The number of aliphatic hydroxyl groups is 7. The zero-order valence-corrected chi connectivity index (χ0v) is 48.6. The van der Waals surface area contributed by atoms with Crippen molar-refractivity contribution in [3.05, 3.63) is 36.1 Å². The number of hydrogen-bond donors (Lipinski definition) is 9. The Morgan fingerprint density at radius 1 is 0.936 bits per heavy atom. The number of furan rings is 1. The Labute approximate surface area is 470 Å². The van der Waals surface area contributed by atoms with Gasteiger partial charge >= 0.3 is 5.97 Å². The maximum Gasteiger partial charge on any atom is 0.306 e. The molecule has 2 saturated heterocycles. The highest BCUT2D eigenvalue weighted by atomic mass is 33.1. The third kappa shape index (κ3) is 10.8. The quantitative estimate of drug-likeness (QED) is 0.0376. The highest BCUT2D eigenvalue weighted by Crippen LogP contribution is 2.69. The van der Waals surface area contributed by atoms with Crippen molar-refractivity contribution >= 4 is 38.5 Å². The number of carbonyl (C=O) groups is 1. The standard InChI is InChI=1S/C61H94N2O13S2/c1-5-7-8-11-39-20-24-57(69,33-39)25-21-46-56(23-19-40(32-56)35-62-4)26-27-58(46)47-17-13-38(3)10-9-12-48(66)60(37-77-78-58)59(70)34-43-14-16-45(65)44(36-64)50(43)61(71,54(59)68)55(76-60)75-52-41(15-18-49(67)72-6-2)31-42-22-29-73-51(42)53(52)74-30-28-63-47/h14,16,22,29,31,38-40,43-48,50,54-55,62-66,68-71H,5-13,15,17-21,23-28,30,32-37H2,1-4H3. The monoisotopic (exact) mass is 1130 g/mol. The summed E-state index contributed by atoms with van der Waals surface area (Å²) in [5.74, 6) is -1.28. The van der Waals surface area contributed by atoms with E-state index in [-0.39, 0.29) is 78.3 Å². The van der Waals surface area contributed by atoms with Gasteiger partial charge in [0.1, 0.15) is 23.9 Å². The molecular formula is C61H94N2O13S2. The number of ether oxygens (including phenoxy) is 4. The summed E-state index contributed by atoms with van der Waals surface area (Å²) in [6.45, 7) is 7.55. The van der Waals surface area contributed by atoms with E-state index >= 15 is 0 Å². The van der Waals surface area contributed by atoms with Crippen LogP contribution < -0.4 is 20.1 Å². The van der Waals surface area contributed by atoms with E-state index in [0.29, 0.717) is 47.3 Å². The number of nitrogens with one attached hydrogen (secondary N) is 2. The zero-order valence-electron chi connectivity index (χ0n) is 47.0. The molecule has 0 amide bonds. The molecule has 1 aromatic heterocycles.